The average molecular weight is 381 g/mol. The van der Waals surface area contributed by atoms with Gasteiger partial charge in [0.25, 0.3) is 0 Å². The molecule has 1 amide bonds. The molecule has 1 aromatic carbocycles. The van der Waals surface area contributed by atoms with Crippen molar-refractivity contribution in [3.8, 4) is 0 Å². The van der Waals surface area contributed by atoms with Crippen molar-refractivity contribution in [2.24, 2.45) is 0 Å². The highest BCUT2D eigenvalue weighted by molar-refractivity contribution is 5.78. The third kappa shape index (κ3) is 8.34. The van der Waals surface area contributed by atoms with Crippen molar-refractivity contribution in [1.82, 2.24) is 15.1 Å². The number of hydrogen-bond donors (Lipinski definition) is 2. The van der Waals surface area contributed by atoms with Gasteiger partial charge in [-0.3, -0.25) is 14.6 Å². The van der Waals surface area contributed by atoms with E-state index in [0.29, 0.717) is 18.7 Å². The van der Waals surface area contributed by atoms with E-state index in [9.17, 15) is 14.3 Å². The topological polar surface area (TPSA) is 65.0 Å². The Kier molecular flexibility index (Phi) is 8.16. The lowest BCUT2D eigenvalue weighted by atomic mass is 10.1. The molecule has 0 saturated carbocycles. The number of carbonyl (C=O) groups is 1. The van der Waals surface area contributed by atoms with Crippen LogP contribution >= 0.6 is 0 Å². The molecule has 0 spiro atoms. The quantitative estimate of drug-likeness (QED) is 0.709. The van der Waals surface area contributed by atoms with Crippen LogP contribution < -0.4 is 5.32 Å². The van der Waals surface area contributed by atoms with Crippen LogP contribution in [0.2, 0.25) is 0 Å². The standard InChI is InChI=1S/C20H32FN3O3/c1-20(2,3)22-19(26)13-24-10-8-23(9-11-24)12-17(25)15-27-14-16-6-4-5-7-18(16)21/h4-7,17,25H,8-15H2,1-3H3,(H,22,26)/t17-/m0/s1. The molecule has 1 fully saturated rings. The van der Waals surface area contributed by atoms with Crippen LogP contribution in [-0.4, -0.2) is 78.3 Å². The summed E-state index contributed by atoms with van der Waals surface area (Å²) in [6, 6.07) is 6.48. The Morgan fingerprint density at radius 2 is 1.85 bits per heavy atom. The molecule has 152 valence electrons. The van der Waals surface area contributed by atoms with Crippen molar-refractivity contribution >= 4 is 5.91 Å². The van der Waals surface area contributed by atoms with Gasteiger partial charge in [-0.15, -0.1) is 0 Å². The Morgan fingerprint density at radius 1 is 1.22 bits per heavy atom. The number of aliphatic hydroxyl groups excluding tert-OH is 1. The first-order valence-electron chi connectivity index (χ1n) is 9.48. The van der Waals surface area contributed by atoms with E-state index >= 15 is 0 Å². The third-order valence-electron chi connectivity index (χ3n) is 4.34. The number of rotatable bonds is 8. The van der Waals surface area contributed by atoms with Gasteiger partial charge in [-0.25, -0.2) is 4.39 Å². The molecule has 0 aliphatic carbocycles. The van der Waals surface area contributed by atoms with E-state index in [1.807, 2.05) is 20.8 Å². The molecule has 0 radical (unpaired) electrons. The molecule has 2 N–H and O–H groups in total. The zero-order valence-electron chi connectivity index (χ0n) is 16.6. The van der Waals surface area contributed by atoms with Crippen LogP contribution in [-0.2, 0) is 16.1 Å². The number of halogens is 1. The normalized spacial score (nSPS) is 17.7. The number of nitrogens with zero attached hydrogens (tertiary/aromatic N) is 2. The summed E-state index contributed by atoms with van der Waals surface area (Å²) in [4.78, 5) is 16.3. The van der Waals surface area contributed by atoms with Gasteiger partial charge in [0.05, 0.1) is 25.9 Å². The lowest BCUT2D eigenvalue weighted by molar-refractivity contribution is -0.124. The SMILES string of the molecule is CC(C)(C)NC(=O)CN1CCN(C[C@H](O)COCc2ccccc2F)CC1. The maximum absolute atomic E-state index is 13.5. The van der Waals surface area contributed by atoms with Gasteiger partial charge in [-0.2, -0.15) is 0 Å². The molecule has 0 aromatic heterocycles. The number of nitrogens with one attached hydrogen (secondary N) is 1. The maximum atomic E-state index is 13.5. The van der Waals surface area contributed by atoms with Crippen molar-refractivity contribution < 1.29 is 19.0 Å². The lowest BCUT2D eigenvalue weighted by Gasteiger charge is -2.35. The third-order valence-corrected chi connectivity index (χ3v) is 4.34. The number of β-amino-alcohol motifs (C(OH)–C–C–N with tert-alkyl or cyclic N) is 1. The largest absolute Gasteiger partial charge is 0.389 e. The second-order valence-electron chi connectivity index (χ2n) is 8.14. The molecule has 6 nitrogen and oxygen atoms in total. The minimum atomic E-state index is -0.618. The van der Waals surface area contributed by atoms with E-state index < -0.39 is 6.10 Å². The van der Waals surface area contributed by atoms with Gasteiger partial charge in [-0.05, 0) is 26.8 Å². The van der Waals surface area contributed by atoms with Crippen LogP contribution in [0, 0.1) is 5.82 Å². The number of benzene rings is 1. The molecule has 1 aliphatic heterocycles. The average Bonchev–Trinajstić information content (AvgIpc) is 2.57. The molecule has 1 saturated heterocycles. The van der Waals surface area contributed by atoms with Crippen LogP contribution in [0.1, 0.15) is 26.3 Å². The van der Waals surface area contributed by atoms with E-state index in [1.165, 1.54) is 6.07 Å². The van der Waals surface area contributed by atoms with Gasteiger partial charge >= 0.3 is 0 Å². The number of piperazine rings is 1. The summed E-state index contributed by atoms with van der Waals surface area (Å²) in [5, 5.41) is 13.1. The summed E-state index contributed by atoms with van der Waals surface area (Å²) >= 11 is 0. The van der Waals surface area contributed by atoms with E-state index in [1.54, 1.807) is 18.2 Å². The molecule has 7 heteroatoms. The first-order chi connectivity index (χ1) is 12.7. The summed E-state index contributed by atoms with van der Waals surface area (Å²) in [5.74, 6) is -0.254. The Labute approximate surface area is 161 Å². The number of aliphatic hydroxyl groups is 1. The van der Waals surface area contributed by atoms with E-state index in [0.717, 1.165) is 26.2 Å². The highest BCUT2D eigenvalue weighted by Gasteiger charge is 2.22. The summed E-state index contributed by atoms with van der Waals surface area (Å²) < 4.78 is 19.0. The molecule has 0 unspecified atom stereocenters. The first kappa shape index (κ1) is 21.8. The van der Waals surface area contributed by atoms with Crippen molar-refractivity contribution in [3.63, 3.8) is 0 Å². The molecule has 1 heterocycles. The van der Waals surface area contributed by atoms with E-state index in [2.05, 4.69) is 15.1 Å². The van der Waals surface area contributed by atoms with Crippen LogP contribution in [0.3, 0.4) is 0 Å². The Bertz CT molecular complexity index is 598. The minimum Gasteiger partial charge on any atom is -0.389 e. The molecule has 1 aromatic rings. The Balaban J connectivity index is 1.62. The number of hydrogen-bond acceptors (Lipinski definition) is 5. The van der Waals surface area contributed by atoms with Crippen LogP contribution in [0.25, 0.3) is 0 Å². The highest BCUT2D eigenvalue weighted by Crippen LogP contribution is 2.09. The van der Waals surface area contributed by atoms with Crippen LogP contribution in [0.15, 0.2) is 24.3 Å². The van der Waals surface area contributed by atoms with Gasteiger partial charge in [0.1, 0.15) is 5.82 Å². The second kappa shape index (κ2) is 10.1. The van der Waals surface area contributed by atoms with Gasteiger partial charge in [0.2, 0.25) is 5.91 Å². The van der Waals surface area contributed by atoms with Gasteiger partial charge in [0, 0.05) is 43.8 Å². The highest BCUT2D eigenvalue weighted by atomic mass is 19.1. The maximum Gasteiger partial charge on any atom is 0.234 e. The van der Waals surface area contributed by atoms with Gasteiger partial charge < -0.3 is 15.2 Å². The van der Waals surface area contributed by atoms with Gasteiger partial charge in [0.15, 0.2) is 0 Å². The fraction of sp³-hybridized carbons (Fsp3) is 0.650. The zero-order valence-corrected chi connectivity index (χ0v) is 16.6. The molecule has 1 aliphatic rings. The van der Waals surface area contributed by atoms with Gasteiger partial charge in [-0.1, -0.05) is 18.2 Å². The van der Waals surface area contributed by atoms with Crippen molar-refractivity contribution in [2.75, 3.05) is 45.9 Å². The van der Waals surface area contributed by atoms with Crippen LogP contribution in [0.4, 0.5) is 4.39 Å². The predicted molar refractivity (Wildman–Crippen MR) is 103 cm³/mol. The number of carbonyl (C=O) groups excluding carboxylic acids is 1. The van der Waals surface area contributed by atoms with Crippen molar-refractivity contribution in [3.05, 3.63) is 35.6 Å². The summed E-state index contributed by atoms with van der Waals surface area (Å²) in [6.45, 7) is 10.3. The number of ether oxygens (including phenoxy) is 1. The molecule has 27 heavy (non-hydrogen) atoms. The summed E-state index contributed by atoms with van der Waals surface area (Å²) in [7, 11) is 0. The fourth-order valence-corrected chi connectivity index (χ4v) is 3.06. The van der Waals surface area contributed by atoms with E-state index in [4.69, 9.17) is 4.74 Å². The monoisotopic (exact) mass is 381 g/mol. The predicted octanol–water partition coefficient (Wildman–Crippen LogP) is 1.24. The Hall–Kier alpha value is -1.54. The zero-order chi connectivity index (χ0) is 19.9. The second-order valence-corrected chi connectivity index (χ2v) is 8.14. The first-order valence-corrected chi connectivity index (χ1v) is 9.48. The molecule has 0 bridgehead atoms. The Morgan fingerprint density at radius 3 is 2.48 bits per heavy atom. The lowest BCUT2D eigenvalue weighted by Crippen LogP contribution is -2.52. The van der Waals surface area contributed by atoms with Crippen molar-refractivity contribution in [2.45, 2.75) is 39.0 Å². The molecular weight excluding hydrogens is 349 g/mol. The van der Waals surface area contributed by atoms with E-state index in [-0.39, 0.29) is 30.5 Å². The smallest absolute Gasteiger partial charge is 0.234 e. The molecule has 2 rings (SSSR count). The molecular formula is C20H32FN3O3. The summed E-state index contributed by atoms with van der Waals surface area (Å²) in [6.07, 6.45) is -0.618. The molecule has 1 atom stereocenters. The van der Waals surface area contributed by atoms with Crippen molar-refractivity contribution in [1.29, 1.82) is 0 Å². The fourth-order valence-electron chi connectivity index (χ4n) is 3.06. The minimum absolute atomic E-state index is 0.0394. The van der Waals surface area contributed by atoms with Crippen LogP contribution in [0.5, 0.6) is 0 Å². The number of amides is 1. The summed E-state index contributed by atoms with van der Waals surface area (Å²) in [5.41, 5.74) is 0.276.